The fourth-order valence-corrected chi connectivity index (χ4v) is 2.70. The Morgan fingerprint density at radius 3 is 2.50 bits per heavy atom. The Morgan fingerprint density at radius 2 is 1.88 bits per heavy atom. The zero-order chi connectivity index (χ0) is 17.4. The van der Waals surface area contributed by atoms with E-state index in [1.165, 1.54) is 11.3 Å². The third-order valence-electron chi connectivity index (χ3n) is 3.26. The Hall–Kier alpha value is -2.47. The molecule has 1 aromatic carbocycles. The minimum Gasteiger partial charge on any atom is -0.457 e. The lowest BCUT2D eigenvalue weighted by Gasteiger charge is -2.06. The zero-order valence-corrected chi connectivity index (χ0v) is 14.2. The van der Waals surface area contributed by atoms with Gasteiger partial charge in [0.25, 0.3) is 0 Å². The van der Waals surface area contributed by atoms with E-state index in [4.69, 9.17) is 4.74 Å². The zero-order valence-electron chi connectivity index (χ0n) is 13.4. The maximum absolute atomic E-state index is 12.0. The van der Waals surface area contributed by atoms with E-state index in [1.807, 2.05) is 23.8 Å². The van der Waals surface area contributed by atoms with Crippen LogP contribution in [0.2, 0.25) is 0 Å². The van der Waals surface area contributed by atoms with Gasteiger partial charge in [-0.25, -0.2) is 0 Å². The predicted octanol–water partition coefficient (Wildman–Crippen LogP) is 3.46. The molecule has 24 heavy (non-hydrogen) atoms. The molecule has 0 unspecified atom stereocenters. The number of amides is 1. The van der Waals surface area contributed by atoms with Gasteiger partial charge in [-0.15, -0.1) is 0 Å². The van der Waals surface area contributed by atoms with Gasteiger partial charge in [0.05, 0.1) is 6.42 Å². The third-order valence-corrected chi connectivity index (χ3v) is 3.99. The van der Waals surface area contributed by atoms with E-state index >= 15 is 0 Å². The molecule has 0 bridgehead atoms. The van der Waals surface area contributed by atoms with Gasteiger partial charge in [0.2, 0.25) is 5.91 Å². The molecule has 2 rings (SSSR count). The van der Waals surface area contributed by atoms with Crippen LogP contribution in [0.5, 0.6) is 0 Å². The first-order valence-electron chi connectivity index (χ1n) is 7.68. The van der Waals surface area contributed by atoms with Gasteiger partial charge >= 0.3 is 5.97 Å². The fourth-order valence-electron chi connectivity index (χ4n) is 2.03. The number of carbonyl (C=O) groups is 3. The number of carbonyl (C=O) groups excluding carboxylic acids is 3. The normalized spacial score (nSPS) is 10.2. The number of Topliss-reactive ketones (excluding diaryl/α,β-unsaturated/α-hetero) is 1. The largest absolute Gasteiger partial charge is 0.457 e. The Kier molecular flexibility index (Phi) is 6.69. The van der Waals surface area contributed by atoms with Crippen LogP contribution in [0.4, 0.5) is 5.69 Å². The van der Waals surface area contributed by atoms with Crippen molar-refractivity contribution in [3.8, 4) is 0 Å². The van der Waals surface area contributed by atoms with Crippen LogP contribution in [0.1, 0.15) is 35.7 Å². The number of esters is 1. The SMILES string of the molecule is CCCC(=O)Nc1ccc(C(=O)COC(=O)Cc2ccsc2)cc1. The van der Waals surface area contributed by atoms with Crippen LogP contribution in [0.3, 0.4) is 0 Å². The molecule has 2 aromatic rings. The average Bonchev–Trinajstić information content (AvgIpc) is 3.06. The van der Waals surface area contributed by atoms with E-state index in [0.29, 0.717) is 17.7 Å². The summed E-state index contributed by atoms with van der Waals surface area (Å²) in [6, 6.07) is 8.38. The lowest BCUT2D eigenvalue weighted by atomic mass is 10.1. The molecule has 0 aliphatic heterocycles. The van der Waals surface area contributed by atoms with Crippen molar-refractivity contribution >= 4 is 34.7 Å². The van der Waals surface area contributed by atoms with Crippen molar-refractivity contribution < 1.29 is 19.1 Å². The number of anilines is 1. The van der Waals surface area contributed by atoms with Crippen molar-refractivity contribution in [3.63, 3.8) is 0 Å². The number of hydrogen-bond acceptors (Lipinski definition) is 5. The van der Waals surface area contributed by atoms with Crippen molar-refractivity contribution in [2.75, 3.05) is 11.9 Å². The molecular formula is C18H19NO4S. The van der Waals surface area contributed by atoms with Gasteiger partial charge in [-0.2, -0.15) is 11.3 Å². The molecule has 0 aliphatic rings. The molecule has 0 saturated heterocycles. The second-order valence-corrected chi connectivity index (χ2v) is 6.05. The smallest absolute Gasteiger partial charge is 0.310 e. The lowest BCUT2D eigenvalue weighted by molar-refractivity contribution is -0.141. The van der Waals surface area contributed by atoms with Crippen molar-refractivity contribution in [1.29, 1.82) is 0 Å². The number of hydrogen-bond donors (Lipinski definition) is 1. The van der Waals surface area contributed by atoms with Gasteiger partial charge in [-0.3, -0.25) is 14.4 Å². The molecule has 1 aromatic heterocycles. The topological polar surface area (TPSA) is 72.5 Å². The first-order valence-corrected chi connectivity index (χ1v) is 8.62. The standard InChI is InChI=1S/C18H19NO4S/c1-2-3-17(21)19-15-6-4-14(5-7-15)16(20)11-23-18(22)10-13-8-9-24-12-13/h4-9,12H,2-3,10-11H2,1H3,(H,19,21). The molecule has 0 radical (unpaired) electrons. The minimum absolute atomic E-state index is 0.0565. The van der Waals surface area contributed by atoms with Crippen LogP contribution in [0.15, 0.2) is 41.1 Å². The van der Waals surface area contributed by atoms with Gasteiger partial charge in [-0.05, 0) is 53.1 Å². The lowest BCUT2D eigenvalue weighted by Crippen LogP contribution is -2.15. The monoisotopic (exact) mass is 345 g/mol. The highest BCUT2D eigenvalue weighted by atomic mass is 32.1. The number of rotatable bonds is 8. The van der Waals surface area contributed by atoms with Crippen molar-refractivity contribution in [1.82, 2.24) is 0 Å². The van der Waals surface area contributed by atoms with Gasteiger partial charge < -0.3 is 10.1 Å². The highest BCUT2D eigenvalue weighted by Gasteiger charge is 2.11. The van der Waals surface area contributed by atoms with Crippen LogP contribution in [0.25, 0.3) is 0 Å². The first kappa shape index (κ1) is 17.9. The van der Waals surface area contributed by atoms with E-state index in [1.54, 1.807) is 24.3 Å². The van der Waals surface area contributed by atoms with Crippen LogP contribution in [0, 0.1) is 0 Å². The van der Waals surface area contributed by atoms with E-state index in [2.05, 4.69) is 5.32 Å². The summed E-state index contributed by atoms with van der Waals surface area (Å²) in [5.74, 6) is -0.760. The molecule has 0 atom stereocenters. The number of thiophene rings is 1. The summed E-state index contributed by atoms with van der Waals surface area (Å²) in [5, 5.41) is 6.50. The summed E-state index contributed by atoms with van der Waals surface area (Å²) in [5.41, 5.74) is 1.95. The van der Waals surface area contributed by atoms with Crippen LogP contribution >= 0.6 is 11.3 Å². The van der Waals surface area contributed by atoms with Crippen molar-refractivity contribution in [2.24, 2.45) is 0 Å². The van der Waals surface area contributed by atoms with Gasteiger partial charge in [0.15, 0.2) is 12.4 Å². The molecule has 1 N–H and O–H groups in total. The molecule has 1 heterocycles. The van der Waals surface area contributed by atoms with Crippen LogP contribution < -0.4 is 5.32 Å². The Bertz CT molecular complexity index is 692. The van der Waals surface area contributed by atoms with E-state index in [0.717, 1.165) is 12.0 Å². The molecule has 0 spiro atoms. The third kappa shape index (κ3) is 5.62. The highest BCUT2D eigenvalue weighted by molar-refractivity contribution is 7.07. The van der Waals surface area contributed by atoms with Crippen LogP contribution in [-0.2, 0) is 20.7 Å². The molecule has 0 saturated carbocycles. The molecule has 0 fully saturated rings. The second-order valence-electron chi connectivity index (χ2n) is 5.27. The highest BCUT2D eigenvalue weighted by Crippen LogP contribution is 2.12. The summed E-state index contributed by atoms with van der Waals surface area (Å²) in [7, 11) is 0. The predicted molar refractivity (Wildman–Crippen MR) is 93.3 cm³/mol. The van der Waals surface area contributed by atoms with Crippen molar-refractivity contribution in [2.45, 2.75) is 26.2 Å². The number of ketones is 1. The van der Waals surface area contributed by atoms with Crippen molar-refractivity contribution in [3.05, 3.63) is 52.2 Å². The number of ether oxygens (including phenoxy) is 1. The van der Waals surface area contributed by atoms with Gasteiger partial charge in [-0.1, -0.05) is 6.92 Å². The molecule has 126 valence electrons. The Labute approximate surface area is 144 Å². The maximum atomic E-state index is 12.0. The van der Waals surface area contributed by atoms with Gasteiger partial charge in [0, 0.05) is 17.7 Å². The number of benzene rings is 1. The number of nitrogens with one attached hydrogen (secondary N) is 1. The Morgan fingerprint density at radius 1 is 1.12 bits per heavy atom. The molecular weight excluding hydrogens is 326 g/mol. The van der Waals surface area contributed by atoms with E-state index in [-0.39, 0.29) is 24.7 Å². The Balaban J connectivity index is 1.81. The summed E-state index contributed by atoms with van der Waals surface area (Å²) in [6.45, 7) is 1.64. The summed E-state index contributed by atoms with van der Waals surface area (Å²) in [4.78, 5) is 35.2. The van der Waals surface area contributed by atoms with E-state index < -0.39 is 5.97 Å². The fraction of sp³-hybridized carbons (Fsp3) is 0.278. The quantitative estimate of drug-likeness (QED) is 0.587. The second kappa shape index (κ2) is 8.98. The molecule has 1 amide bonds. The maximum Gasteiger partial charge on any atom is 0.310 e. The first-order chi connectivity index (χ1) is 11.6. The molecule has 5 nitrogen and oxygen atoms in total. The summed E-state index contributed by atoms with van der Waals surface area (Å²) < 4.78 is 5.00. The van der Waals surface area contributed by atoms with Gasteiger partial charge in [0.1, 0.15) is 0 Å². The van der Waals surface area contributed by atoms with E-state index in [9.17, 15) is 14.4 Å². The van der Waals surface area contributed by atoms with Crippen LogP contribution in [-0.4, -0.2) is 24.3 Å². The molecule has 6 heteroatoms. The molecule has 0 aliphatic carbocycles. The minimum atomic E-state index is -0.426. The summed E-state index contributed by atoms with van der Waals surface area (Å²) in [6.07, 6.45) is 1.40. The average molecular weight is 345 g/mol. The summed E-state index contributed by atoms with van der Waals surface area (Å²) >= 11 is 1.51.